The second-order valence-electron chi connectivity index (χ2n) is 6.48. The highest BCUT2D eigenvalue weighted by Crippen LogP contribution is 2.31. The highest BCUT2D eigenvalue weighted by Gasteiger charge is 2.19. The van der Waals surface area contributed by atoms with Gasteiger partial charge in [0.2, 0.25) is 0 Å². The number of aryl methyl sites for hydroxylation is 2. The van der Waals surface area contributed by atoms with Gasteiger partial charge in [0.1, 0.15) is 5.82 Å². The molecule has 4 rings (SSSR count). The molecule has 0 spiro atoms. The maximum atomic E-state index is 11.7. The molecule has 1 aliphatic rings. The third kappa shape index (κ3) is 2.60. The average Bonchev–Trinajstić information content (AvgIpc) is 2.96. The Balaban J connectivity index is 1.90. The zero-order valence-corrected chi connectivity index (χ0v) is 14.6. The van der Waals surface area contributed by atoms with E-state index >= 15 is 0 Å². The summed E-state index contributed by atoms with van der Waals surface area (Å²) in [5.74, 6) is 0.791. The van der Waals surface area contributed by atoms with E-state index in [9.17, 15) is 8.42 Å². The zero-order chi connectivity index (χ0) is 16.9. The maximum absolute atomic E-state index is 11.7. The van der Waals surface area contributed by atoms with Gasteiger partial charge in [-0.1, -0.05) is 0 Å². The summed E-state index contributed by atoms with van der Waals surface area (Å²) >= 11 is 0. The number of hydrogen-bond acceptors (Lipinski definition) is 4. The van der Waals surface area contributed by atoms with Crippen molar-refractivity contribution in [3.05, 3.63) is 41.2 Å². The van der Waals surface area contributed by atoms with E-state index < -0.39 is 9.84 Å². The number of aromatic nitrogens is 3. The number of pyridine rings is 1. The molecule has 0 saturated carbocycles. The van der Waals surface area contributed by atoms with Crippen molar-refractivity contribution in [1.29, 1.82) is 0 Å². The summed E-state index contributed by atoms with van der Waals surface area (Å²) in [4.78, 5) is 13.0. The number of H-pyrrole nitrogens is 1. The van der Waals surface area contributed by atoms with E-state index in [-0.39, 0.29) is 0 Å². The molecule has 2 heterocycles. The molecule has 0 unspecified atom stereocenters. The van der Waals surface area contributed by atoms with Crippen LogP contribution in [0, 0.1) is 6.92 Å². The second kappa shape index (κ2) is 5.41. The molecule has 0 amide bonds. The third-order valence-electron chi connectivity index (χ3n) is 4.56. The molecule has 124 valence electrons. The number of nitrogens with one attached hydrogen (secondary N) is 1. The lowest BCUT2D eigenvalue weighted by atomic mass is 9.91. The fourth-order valence-corrected chi connectivity index (χ4v) is 4.05. The largest absolute Gasteiger partial charge is 0.338 e. The van der Waals surface area contributed by atoms with Crippen molar-refractivity contribution in [1.82, 2.24) is 15.0 Å². The topological polar surface area (TPSA) is 75.7 Å². The van der Waals surface area contributed by atoms with Crippen LogP contribution in [0.2, 0.25) is 0 Å². The van der Waals surface area contributed by atoms with E-state index in [0.717, 1.165) is 41.0 Å². The van der Waals surface area contributed by atoms with Crippen LogP contribution in [-0.4, -0.2) is 29.6 Å². The van der Waals surface area contributed by atoms with Crippen LogP contribution in [-0.2, 0) is 22.7 Å². The fourth-order valence-electron chi connectivity index (χ4n) is 3.40. The molecule has 0 radical (unpaired) electrons. The number of rotatable bonds is 2. The van der Waals surface area contributed by atoms with Crippen molar-refractivity contribution in [2.45, 2.75) is 37.5 Å². The van der Waals surface area contributed by atoms with Crippen LogP contribution in [0.5, 0.6) is 0 Å². The van der Waals surface area contributed by atoms with E-state index in [0.29, 0.717) is 4.90 Å². The first-order valence-corrected chi connectivity index (χ1v) is 10.0. The fraction of sp³-hybridized carbons (Fsp3) is 0.333. The van der Waals surface area contributed by atoms with Gasteiger partial charge in [-0.25, -0.2) is 13.4 Å². The highest BCUT2D eigenvalue weighted by molar-refractivity contribution is 7.90. The van der Waals surface area contributed by atoms with Gasteiger partial charge in [0, 0.05) is 23.2 Å². The summed E-state index contributed by atoms with van der Waals surface area (Å²) in [5, 5.41) is 0. The second-order valence-corrected chi connectivity index (χ2v) is 8.50. The molecule has 6 heteroatoms. The summed E-state index contributed by atoms with van der Waals surface area (Å²) in [6.07, 6.45) is 5.60. The van der Waals surface area contributed by atoms with Gasteiger partial charge in [-0.2, -0.15) is 0 Å². The lowest BCUT2D eigenvalue weighted by molar-refractivity contribution is 0.602. The molecular formula is C18H19N3O2S. The highest BCUT2D eigenvalue weighted by atomic mass is 32.2. The molecule has 5 nitrogen and oxygen atoms in total. The van der Waals surface area contributed by atoms with Crippen molar-refractivity contribution in [3.63, 3.8) is 0 Å². The van der Waals surface area contributed by atoms with Gasteiger partial charge < -0.3 is 4.98 Å². The summed E-state index contributed by atoms with van der Waals surface area (Å²) < 4.78 is 23.5. The SMILES string of the molecule is Cc1cc(-c2nc3ccc(S(C)(=O)=O)cc3[nH]2)c2c(n1)CCCC2. The molecule has 0 atom stereocenters. The van der Waals surface area contributed by atoms with Gasteiger partial charge in [-0.05, 0) is 62.4 Å². The first-order chi connectivity index (χ1) is 11.4. The van der Waals surface area contributed by atoms with Crippen LogP contribution in [0.15, 0.2) is 29.2 Å². The Hall–Kier alpha value is -2.21. The normalized spacial score (nSPS) is 14.8. The quantitative estimate of drug-likeness (QED) is 0.776. The molecular weight excluding hydrogens is 322 g/mol. The van der Waals surface area contributed by atoms with Gasteiger partial charge in [-0.15, -0.1) is 0 Å². The Morgan fingerprint density at radius 3 is 2.67 bits per heavy atom. The number of sulfone groups is 1. The van der Waals surface area contributed by atoms with Gasteiger partial charge >= 0.3 is 0 Å². The van der Waals surface area contributed by atoms with Crippen molar-refractivity contribution in [2.75, 3.05) is 6.26 Å². The van der Waals surface area contributed by atoms with Gasteiger partial charge in [0.15, 0.2) is 9.84 Å². The summed E-state index contributed by atoms with van der Waals surface area (Å²) in [5.41, 5.74) is 6.04. The van der Waals surface area contributed by atoms with E-state index in [1.165, 1.54) is 30.4 Å². The van der Waals surface area contributed by atoms with Crippen molar-refractivity contribution in [3.8, 4) is 11.4 Å². The monoisotopic (exact) mass is 341 g/mol. The Morgan fingerprint density at radius 2 is 1.88 bits per heavy atom. The zero-order valence-electron chi connectivity index (χ0n) is 13.8. The van der Waals surface area contributed by atoms with E-state index in [4.69, 9.17) is 0 Å². The Kier molecular flexibility index (Phi) is 3.46. The maximum Gasteiger partial charge on any atom is 0.175 e. The number of hydrogen-bond donors (Lipinski definition) is 1. The number of fused-ring (bicyclic) bond motifs is 2. The summed E-state index contributed by atoms with van der Waals surface area (Å²) in [6, 6.07) is 7.09. The lowest BCUT2D eigenvalue weighted by Gasteiger charge is -2.18. The third-order valence-corrected chi connectivity index (χ3v) is 5.68. The van der Waals surface area contributed by atoms with Crippen molar-refractivity contribution < 1.29 is 8.42 Å². The number of nitrogens with zero attached hydrogens (tertiary/aromatic N) is 2. The first kappa shape index (κ1) is 15.3. The number of benzene rings is 1. The average molecular weight is 341 g/mol. The number of aromatic amines is 1. The van der Waals surface area contributed by atoms with Gasteiger partial charge in [-0.3, -0.25) is 4.98 Å². The molecule has 1 aliphatic carbocycles. The van der Waals surface area contributed by atoms with Crippen LogP contribution in [0.4, 0.5) is 0 Å². The van der Waals surface area contributed by atoms with Crippen molar-refractivity contribution >= 4 is 20.9 Å². The predicted octanol–water partition coefficient (Wildman–Crippen LogP) is 3.22. The minimum absolute atomic E-state index is 0.304. The van der Waals surface area contributed by atoms with Gasteiger partial charge in [0.05, 0.1) is 15.9 Å². The molecule has 0 bridgehead atoms. The molecule has 3 aromatic rings. The Morgan fingerprint density at radius 1 is 1.08 bits per heavy atom. The standard InChI is InChI=1S/C18H19N3O2S/c1-11-9-14(13-5-3-4-6-15(13)19-11)18-20-16-8-7-12(24(2,22)23)10-17(16)21-18/h7-10H,3-6H2,1-2H3,(H,20,21). The number of imidazole rings is 1. The molecule has 2 aromatic heterocycles. The van der Waals surface area contributed by atoms with E-state index in [1.807, 2.05) is 6.92 Å². The minimum Gasteiger partial charge on any atom is -0.338 e. The lowest BCUT2D eigenvalue weighted by Crippen LogP contribution is -2.08. The van der Waals surface area contributed by atoms with Gasteiger partial charge in [0.25, 0.3) is 0 Å². The molecule has 1 N–H and O–H groups in total. The molecule has 0 saturated heterocycles. The van der Waals surface area contributed by atoms with Crippen molar-refractivity contribution in [2.24, 2.45) is 0 Å². The molecule has 0 fully saturated rings. The predicted molar refractivity (Wildman–Crippen MR) is 93.8 cm³/mol. The summed E-state index contributed by atoms with van der Waals surface area (Å²) in [7, 11) is -3.23. The Bertz CT molecular complexity index is 1050. The smallest absolute Gasteiger partial charge is 0.175 e. The van der Waals surface area contributed by atoms with E-state index in [1.54, 1.807) is 18.2 Å². The van der Waals surface area contributed by atoms with Crippen LogP contribution in [0.25, 0.3) is 22.4 Å². The molecule has 24 heavy (non-hydrogen) atoms. The van der Waals surface area contributed by atoms with Crippen LogP contribution in [0.3, 0.4) is 0 Å². The van der Waals surface area contributed by atoms with Crippen LogP contribution < -0.4 is 0 Å². The van der Waals surface area contributed by atoms with Crippen LogP contribution >= 0.6 is 0 Å². The summed E-state index contributed by atoms with van der Waals surface area (Å²) in [6.45, 7) is 2.00. The Labute approximate surface area is 141 Å². The molecule has 1 aromatic carbocycles. The molecule has 0 aliphatic heterocycles. The first-order valence-electron chi connectivity index (χ1n) is 8.11. The minimum atomic E-state index is -3.23. The van der Waals surface area contributed by atoms with Crippen LogP contribution in [0.1, 0.15) is 29.8 Å². The van der Waals surface area contributed by atoms with E-state index in [2.05, 4.69) is 21.0 Å².